The van der Waals surface area contributed by atoms with Gasteiger partial charge in [-0.05, 0) is 107 Å². The highest BCUT2D eigenvalue weighted by atomic mass is 16.3. The zero-order valence-corrected chi connectivity index (χ0v) is 30.4. The van der Waals surface area contributed by atoms with E-state index in [4.69, 9.17) is 4.42 Å². The number of aromatic nitrogens is 1. The van der Waals surface area contributed by atoms with E-state index in [0.717, 1.165) is 72.7 Å². The zero-order valence-electron chi connectivity index (χ0n) is 30.4. The minimum Gasteiger partial charge on any atom is -0.456 e. The van der Waals surface area contributed by atoms with Crippen molar-refractivity contribution in [3.8, 4) is 16.8 Å². The van der Waals surface area contributed by atoms with Crippen LogP contribution in [0.15, 0.2) is 211 Å². The van der Waals surface area contributed by atoms with Gasteiger partial charge in [0.05, 0.1) is 11.0 Å². The minimum absolute atomic E-state index is 0.881. The second kappa shape index (κ2) is 13.1. The predicted octanol–water partition coefficient (Wildman–Crippen LogP) is 14.7. The number of benzene rings is 9. The summed E-state index contributed by atoms with van der Waals surface area (Å²) < 4.78 is 8.83. The second-order valence-corrected chi connectivity index (χ2v) is 14.3. The molecule has 0 fully saturated rings. The molecule has 11 aromatic rings. The number of rotatable bonds is 7. The first-order valence-electron chi connectivity index (χ1n) is 19.0. The molecule has 56 heavy (non-hydrogen) atoms. The van der Waals surface area contributed by atoms with Gasteiger partial charge in [-0.25, -0.2) is 0 Å². The number of nitrogens with zero attached hydrogens (tertiary/aromatic N) is 2. The summed E-state index contributed by atoms with van der Waals surface area (Å²) in [6.45, 7) is 0. The molecule has 11 rings (SSSR count). The Balaban J connectivity index is 0.991. The Hall–Kier alpha value is -7.56. The van der Waals surface area contributed by atoms with Crippen LogP contribution < -0.4 is 10.2 Å². The summed E-state index contributed by atoms with van der Waals surface area (Å²) in [4.78, 5) is 2.34. The summed E-state index contributed by atoms with van der Waals surface area (Å²) in [5.74, 6) is 0. The van der Waals surface area contributed by atoms with Gasteiger partial charge in [0.2, 0.25) is 0 Å². The van der Waals surface area contributed by atoms with Gasteiger partial charge in [0.25, 0.3) is 0 Å². The van der Waals surface area contributed by atoms with Gasteiger partial charge in [0, 0.05) is 61.2 Å². The van der Waals surface area contributed by atoms with Crippen molar-refractivity contribution in [3.05, 3.63) is 206 Å². The quantitative estimate of drug-likeness (QED) is 0.178. The molecule has 0 saturated heterocycles. The van der Waals surface area contributed by atoms with Crippen LogP contribution in [0.25, 0.3) is 71.3 Å². The highest BCUT2D eigenvalue weighted by Crippen LogP contribution is 2.41. The van der Waals surface area contributed by atoms with Crippen LogP contribution in [0.4, 0.5) is 28.4 Å². The third-order valence-electron chi connectivity index (χ3n) is 10.9. The van der Waals surface area contributed by atoms with Crippen LogP contribution in [0, 0.1) is 0 Å². The fourth-order valence-corrected chi connectivity index (χ4v) is 8.33. The molecule has 264 valence electrons. The molecule has 0 atom stereocenters. The van der Waals surface area contributed by atoms with Gasteiger partial charge in [0.15, 0.2) is 0 Å². The molecule has 4 heteroatoms. The average Bonchev–Trinajstić information content (AvgIpc) is 3.78. The molecule has 0 unspecified atom stereocenters. The lowest BCUT2D eigenvalue weighted by Gasteiger charge is -2.26. The molecule has 2 heterocycles. The van der Waals surface area contributed by atoms with Crippen LogP contribution in [-0.4, -0.2) is 4.57 Å². The van der Waals surface area contributed by atoms with Gasteiger partial charge < -0.3 is 19.2 Å². The molecule has 0 aliphatic rings. The van der Waals surface area contributed by atoms with E-state index in [1.807, 2.05) is 0 Å². The summed E-state index contributed by atoms with van der Waals surface area (Å²) in [6, 6.07) is 73.3. The van der Waals surface area contributed by atoms with Crippen LogP contribution in [-0.2, 0) is 0 Å². The van der Waals surface area contributed by atoms with Crippen LogP contribution in [0.5, 0.6) is 0 Å². The van der Waals surface area contributed by atoms with Gasteiger partial charge in [-0.2, -0.15) is 0 Å². The Bertz CT molecular complexity index is 3230. The van der Waals surface area contributed by atoms with Gasteiger partial charge in [-0.3, -0.25) is 0 Å². The Kier molecular flexibility index (Phi) is 7.46. The number of nitrogens with one attached hydrogen (secondary N) is 1. The number of anilines is 5. The van der Waals surface area contributed by atoms with Crippen LogP contribution >= 0.6 is 0 Å². The average molecular weight is 718 g/mol. The van der Waals surface area contributed by atoms with Crippen LogP contribution in [0.3, 0.4) is 0 Å². The number of fused-ring (bicyclic) bond motifs is 7. The molecule has 2 aromatic heterocycles. The third-order valence-corrected chi connectivity index (χ3v) is 10.9. The second-order valence-electron chi connectivity index (χ2n) is 14.3. The Labute approximate surface area is 324 Å². The van der Waals surface area contributed by atoms with E-state index in [-0.39, 0.29) is 0 Å². The lowest BCUT2D eigenvalue weighted by Crippen LogP contribution is -2.10. The summed E-state index contributed by atoms with van der Waals surface area (Å²) in [5, 5.41) is 10.9. The van der Waals surface area contributed by atoms with Gasteiger partial charge in [0.1, 0.15) is 11.2 Å². The monoisotopic (exact) mass is 717 g/mol. The summed E-state index contributed by atoms with van der Waals surface area (Å²) >= 11 is 0. The molecule has 0 radical (unpaired) electrons. The SMILES string of the molecule is c1ccc(N(c2cccc(Nc3ccccc3-c3ccc4c(c3)oc3cc5ccccc5cc34)c2)c2ccc3c4ccccc4n(-c4ccccc4)c3c2)cc1. The van der Waals surface area contributed by atoms with E-state index in [1.165, 1.54) is 27.1 Å². The summed E-state index contributed by atoms with van der Waals surface area (Å²) in [6.07, 6.45) is 0. The molecule has 0 saturated carbocycles. The standard InChI is InChI=1S/C52H35N3O/c1-3-17-39(18-4-1)54(42-27-29-45-44-23-10-12-25-49(44)55(50(45)34-42)40-19-5-2-6-20-40)41-21-13-16-38(33-41)53-48-24-11-9-22-43(48)37-26-28-46-47-30-35-14-7-8-15-36(35)31-52(47)56-51(46)32-37/h1-34,53H. The van der Waals surface area contributed by atoms with Crippen molar-refractivity contribution in [1.82, 2.24) is 4.57 Å². The molecule has 4 nitrogen and oxygen atoms in total. The zero-order chi connectivity index (χ0) is 37.0. The molecule has 1 N–H and O–H groups in total. The maximum absolute atomic E-state index is 6.46. The molecular weight excluding hydrogens is 683 g/mol. The normalized spacial score (nSPS) is 11.6. The van der Waals surface area contributed by atoms with Crippen molar-refractivity contribution in [2.24, 2.45) is 0 Å². The van der Waals surface area contributed by atoms with E-state index in [9.17, 15) is 0 Å². The molecule has 0 aliphatic heterocycles. The summed E-state index contributed by atoms with van der Waals surface area (Å²) in [7, 11) is 0. The van der Waals surface area contributed by atoms with Crippen LogP contribution in [0.1, 0.15) is 0 Å². The maximum Gasteiger partial charge on any atom is 0.136 e. The number of furan rings is 1. The number of para-hydroxylation sites is 4. The van der Waals surface area contributed by atoms with Gasteiger partial charge in [-0.1, -0.05) is 115 Å². The van der Waals surface area contributed by atoms with E-state index in [2.05, 4.69) is 221 Å². The highest BCUT2D eigenvalue weighted by Gasteiger charge is 2.18. The molecule has 0 bridgehead atoms. The highest BCUT2D eigenvalue weighted by molar-refractivity contribution is 6.12. The first-order valence-corrected chi connectivity index (χ1v) is 19.0. The van der Waals surface area contributed by atoms with Crippen molar-refractivity contribution in [1.29, 1.82) is 0 Å². The number of hydrogen-bond donors (Lipinski definition) is 1. The lowest BCUT2D eigenvalue weighted by molar-refractivity contribution is 0.669. The molecule has 9 aromatic carbocycles. The van der Waals surface area contributed by atoms with Crippen LogP contribution in [0.2, 0.25) is 0 Å². The predicted molar refractivity (Wildman–Crippen MR) is 235 cm³/mol. The first-order chi connectivity index (χ1) is 27.7. The fraction of sp³-hybridized carbons (Fsp3) is 0. The van der Waals surface area contributed by atoms with Crippen molar-refractivity contribution in [3.63, 3.8) is 0 Å². The van der Waals surface area contributed by atoms with Crippen molar-refractivity contribution < 1.29 is 4.42 Å². The largest absolute Gasteiger partial charge is 0.456 e. The first kappa shape index (κ1) is 31.9. The molecule has 0 spiro atoms. The number of hydrogen-bond acceptors (Lipinski definition) is 3. The van der Waals surface area contributed by atoms with E-state index < -0.39 is 0 Å². The fourth-order valence-electron chi connectivity index (χ4n) is 8.33. The van der Waals surface area contributed by atoms with Gasteiger partial charge >= 0.3 is 0 Å². The Morgan fingerprint density at radius 1 is 0.411 bits per heavy atom. The maximum atomic E-state index is 6.46. The van der Waals surface area contributed by atoms with Gasteiger partial charge in [-0.15, -0.1) is 0 Å². The van der Waals surface area contributed by atoms with Crippen molar-refractivity contribution >= 4 is 83.0 Å². The molecular formula is C52H35N3O. The molecule has 0 aliphatic carbocycles. The third kappa shape index (κ3) is 5.39. The van der Waals surface area contributed by atoms with E-state index in [0.29, 0.717) is 0 Å². The van der Waals surface area contributed by atoms with E-state index in [1.54, 1.807) is 0 Å². The smallest absolute Gasteiger partial charge is 0.136 e. The van der Waals surface area contributed by atoms with E-state index >= 15 is 0 Å². The Morgan fingerprint density at radius 3 is 1.95 bits per heavy atom. The molecule has 0 amide bonds. The van der Waals surface area contributed by atoms with Crippen molar-refractivity contribution in [2.45, 2.75) is 0 Å². The summed E-state index contributed by atoms with van der Waals surface area (Å²) in [5.41, 5.74) is 12.7. The Morgan fingerprint density at radius 2 is 1.07 bits per heavy atom. The van der Waals surface area contributed by atoms with Crippen molar-refractivity contribution in [2.75, 3.05) is 10.2 Å². The minimum atomic E-state index is 0.881. The topological polar surface area (TPSA) is 33.3 Å². The lowest BCUT2D eigenvalue weighted by atomic mass is 10.0.